The van der Waals surface area contributed by atoms with E-state index >= 15 is 0 Å². The molecule has 118 valence electrons. The summed E-state index contributed by atoms with van der Waals surface area (Å²) in [6, 6.07) is 0. The first-order valence-corrected chi connectivity index (χ1v) is 9.91. The average molecular weight is 305 g/mol. The number of hydrogen-bond acceptors (Lipinski definition) is 5. The Morgan fingerprint density at radius 2 is 1.85 bits per heavy atom. The van der Waals surface area contributed by atoms with Crippen LogP contribution in [0.25, 0.3) is 0 Å². The van der Waals surface area contributed by atoms with Gasteiger partial charge in [0.25, 0.3) is 0 Å². The molecule has 6 nitrogen and oxygen atoms in total. The summed E-state index contributed by atoms with van der Waals surface area (Å²) in [5.74, 6) is 0. The highest BCUT2D eigenvalue weighted by molar-refractivity contribution is 6.74. The summed E-state index contributed by atoms with van der Waals surface area (Å²) in [7, 11) is -1.99. The predicted octanol–water partition coefficient (Wildman–Crippen LogP) is 1.53. The maximum absolute atomic E-state index is 11.5. The molecular formula is C13H27NO5Si. The van der Waals surface area contributed by atoms with Crippen LogP contribution in [-0.4, -0.2) is 61.6 Å². The van der Waals surface area contributed by atoms with Crippen LogP contribution < -0.4 is 0 Å². The lowest BCUT2D eigenvalue weighted by Crippen LogP contribution is -2.47. The fourth-order valence-electron chi connectivity index (χ4n) is 1.35. The molecule has 0 aromatic heterocycles. The lowest BCUT2D eigenvalue weighted by atomic mass is 10.2. The lowest BCUT2D eigenvalue weighted by Gasteiger charge is -2.37. The summed E-state index contributed by atoms with van der Waals surface area (Å²) in [6.45, 7) is 11.6. The van der Waals surface area contributed by atoms with Gasteiger partial charge in [-0.3, -0.25) is 0 Å². The highest BCUT2D eigenvalue weighted by Crippen LogP contribution is 2.36. The number of hydrogen-bond donors (Lipinski definition) is 2. The number of amides is 1. The molecule has 1 aliphatic rings. The second-order valence-electron chi connectivity index (χ2n) is 6.75. The summed E-state index contributed by atoms with van der Waals surface area (Å²) in [5.41, 5.74) is 0. The van der Waals surface area contributed by atoms with Crippen molar-refractivity contribution >= 4 is 14.4 Å². The Morgan fingerprint density at radius 1 is 1.30 bits per heavy atom. The first-order chi connectivity index (χ1) is 9.04. The van der Waals surface area contributed by atoms with E-state index in [9.17, 15) is 15.0 Å². The largest absolute Gasteiger partial charge is 0.417 e. The van der Waals surface area contributed by atoms with Gasteiger partial charge in [-0.05, 0) is 24.6 Å². The molecule has 0 aromatic rings. The monoisotopic (exact) mass is 305 g/mol. The predicted molar refractivity (Wildman–Crippen MR) is 77.8 cm³/mol. The molecule has 2 unspecified atom stereocenters. The van der Waals surface area contributed by atoms with Crippen molar-refractivity contribution in [2.24, 2.45) is 0 Å². The van der Waals surface area contributed by atoms with E-state index in [0.717, 1.165) is 6.42 Å². The Hall–Kier alpha value is -0.633. The molecule has 1 heterocycles. The standard InChI is InChI=1S/C13H27NO5Si/c1-13(2,3)20(4,5)18-9-10(15)11(16)19-12(17)14-7-6-8-14/h10-11,15-16H,6-9H2,1-5H3. The van der Waals surface area contributed by atoms with E-state index in [2.05, 4.69) is 33.9 Å². The van der Waals surface area contributed by atoms with Crippen LogP contribution in [0.5, 0.6) is 0 Å². The van der Waals surface area contributed by atoms with E-state index in [1.807, 2.05) is 0 Å². The third kappa shape index (κ3) is 4.44. The van der Waals surface area contributed by atoms with Crippen LogP contribution in [0.1, 0.15) is 27.2 Å². The van der Waals surface area contributed by atoms with Crippen molar-refractivity contribution < 1.29 is 24.2 Å². The minimum absolute atomic E-state index is 0.0198. The van der Waals surface area contributed by atoms with Crippen molar-refractivity contribution in [1.82, 2.24) is 4.90 Å². The zero-order chi connectivity index (χ0) is 15.6. The van der Waals surface area contributed by atoms with Crippen LogP contribution in [0, 0.1) is 0 Å². The molecule has 0 radical (unpaired) electrons. The number of likely N-dealkylation sites (tertiary alicyclic amines) is 1. The van der Waals surface area contributed by atoms with Crippen LogP contribution in [0.2, 0.25) is 18.1 Å². The van der Waals surface area contributed by atoms with Gasteiger partial charge in [-0.25, -0.2) is 4.79 Å². The lowest BCUT2D eigenvalue weighted by molar-refractivity contribution is -0.143. The van der Waals surface area contributed by atoms with Crippen molar-refractivity contribution in [2.45, 2.75) is 57.7 Å². The first kappa shape index (κ1) is 17.4. The van der Waals surface area contributed by atoms with Gasteiger partial charge in [-0.15, -0.1) is 0 Å². The first-order valence-electron chi connectivity index (χ1n) is 7.00. The van der Waals surface area contributed by atoms with E-state index in [4.69, 9.17) is 9.16 Å². The van der Waals surface area contributed by atoms with Crippen molar-refractivity contribution in [3.8, 4) is 0 Å². The summed E-state index contributed by atoms with van der Waals surface area (Å²) >= 11 is 0. The molecule has 1 amide bonds. The van der Waals surface area contributed by atoms with Crippen molar-refractivity contribution in [3.05, 3.63) is 0 Å². The van der Waals surface area contributed by atoms with Crippen LogP contribution in [0.15, 0.2) is 0 Å². The molecular weight excluding hydrogens is 278 g/mol. The number of carbonyl (C=O) groups excluding carboxylic acids is 1. The van der Waals surface area contributed by atoms with E-state index in [1.54, 1.807) is 0 Å². The molecule has 20 heavy (non-hydrogen) atoms. The van der Waals surface area contributed by atoms with Gasteiger partial charge in [0, 0.05) is 13.1 Å². The van der Waals surface area contributed by atoms with Gasteiger partial charge in [0.1, 0.15) is 6.10 Å². The average Bonchev–Trinajstić information content (AvgIpc) is 2.21. The van der Waals surface area contributed by atoms with Crippen LogP contribution >= 0.6 is 0 Å². The van der Waals surface area contributed by atoms with Crippen molar-refractivity contribution in [3.63, 3.8) is 0 Å². The SMILES string of the molecule is CC(C)(C)[Si](C)(C)OCC(O)C(O)OC(=O)N1CCC1. The number of rotatable bonds is 5. The van der Waals surface area contributed by atoms with Gasteiger partial charge in [0.2, 0.25) is 6.29 Å². The van der Waals surface area contributed by atoms with Gasteiger partial charge in [0.15, 0.2) is 8.32 Å². The molecule has 0 aromatic carbocycles. The third-order valence-electron chi connectivity index (χ3n) is 4.09. The third-order valence-corrected chi connectivity index (χ3v) is 8.59. The van der Waals surface area contributed by atoms with Crippen LogP contribution in [0.4, 0.5) is 4.79 Å². The number of aliphatic hydroxyl groups excluding tert-OH is 2. The fourth-order valence-corrected chi connectivity index (χ4v) is 2.37. The number of aliphatic hydroxyl groups is 2. The maximum Gasteiger partial charge on any atom is 0.412 e. The normalized spacial score (nSPS) is 19.2. The van der Waals surface area contributed by atoms with Gasteiger partial charge in [0.05, 0.1) is 6.61 Å². The number of carbonyl (C=O) groups is 1. The van der Waals surface area contributed by atoms with Crippen molar-refractivity contribution in [2.75, 3.05) is 19.7 Å². The topological polar surface area (TPSA) is 79.2 Å². The van der Waals surface area contributed by atoms with E-state index < -0.39 is 26.8 Å². The minimum Gasteiger partial charge on any atom is -0.417 e. The van der Waals surface area contributed by atoms with E-state index in [0.29, 0.717) is 13.1 Å². The minimum atomic E-state index is -1.99. The molecule has 0 saturated carbocycles. The molecule has 1 aliphatic heterocycles. The molecule has 7 heteroatoms. The zero-order valence-corrected chi connectivity index (χ0v) is 14.0. The molecule has 1 fully saturated rings. The number of ether oxygens (including phenoxy) is 1. The summed E-state index contributed by atoms with van der Waals surface area (Å²) in [6.07, 6.45) is -2.42. The zero-order valence-electron chi connectivity index (χ0n) is 13.0. The van der Waals surface area contributed by atoms with Crippen LogP contribution in [-0.2, 0) is 9.16 Å². The quantitative estimate of drug-likeness (QED) is 0.595. The Balaban J connectivity index is 2.37. The highest BCUT2D eigenvalue weighted by atomic mass is 28.4. The molecule has 1 saturated heterocycles. The van der Waals surface area contributed by atoms with Gasteiger partial charge in [-0.1, -0.05) is 20.8 Å². The Labute approximate surface area is 121 Å². The van der Waals surface area contributed by atoms with Gasteiger partial charge >= 0.3 is 6.09 Å². The maximum atomic E-state index is 11.5. The van der Waals surface area contributed by atoms with E-state index in [-0.39, 0.29) is 11.6 Å². The molecule has 2 N–H and O–H groups in total. The smallest absolute Gasteiger partial charge is 0.412 e. The van der Waals surface area contributed by atoms with E-state index in [1.165, 1.54) is 4.90 Å². The Kier molecular flexibility index (Phi) is 5.59. The Bertz CT molecular complexity index is 338. The molecule has 0 spiro atoms. The molecule has 1 rings (SSSR count). The molecule has 0 aliphatic carbocycles. The fraction of sp³-hybridized carbons (Fsp3) is 0.923. The Morgan fingerprint density at radius 3 is 2.25 bits per heavy atom. The summed E-state index contributed by atoms with van der Waals surface area (Å²) < 4.78 is 10.6. The van der Waals surface area contributed by atoms with Crippen LogP contribution in [0.3, 0.4) is 0 Å². The molecule has 2 atom stereocenters. The second-order valence-corrected chi connectivity index (χ2v) is 11.6. The summed E-state index contributed by atoms with van der Waals surface area (Å²) in [5, 5.41) is 19.5. The molecule has 0 bridgehead atoms. The summed E-state index contributed by atoms with van der Waals surface area (Å²) in [4.78, 5) is 13.0. The van der Waals surface area contributed by atoms with Gasteiger partial charge in [-0.2, -0.15) is 0 Å². The van der Waals surface area contributed by atoms with Crippen molar-refractivity contribution in [1.29, 1.82) is 0 Å². The van der Waals surface area contributed by atoms with Gasteiger partial charge < -0.3 is 24.3 Å². The number of nitrogens with zero attached hydrogens (tertiary/aromatic N) is 1. The second kappa shape index (κ2) is 6.42. The highest BCUT2D eigenvalue weighted by Gasteiger charge is 2.38.